The van der Waals surface area contributed by atoms with E-state index in [0.29, 0.717) is 17.6 Å². The molecule has 3 N–H and O–H groups in total. The second-order valence-corrected chi connectivity index (χ2v) is 8.63. The third kappa shape index (κ3) is 4.89. The van der Waals surface area contributed by atoms with Gasteiger partial charge in [-0.15, -0.1) is 0 Å². The molecule has 2 aromatic carbocycles. The molecule has 1 saturated heterocycles. The molecule has 1 fully saturated rings. The Hall–Kier alpha value is -4.30. The van der Waals surface area contributed by atoms with Crippen LogP contribution in [0.4, 0.5) is 5.82 Å². The van der Waals surface area contributed by atoms with Crippen molar-refractivity contribution in [2.45, 2.75) is 12.6 Å². The predicted octanol–water partition coefficient (Wildman–Crippen LogP) is 3.54. The van der Waals surface area contributed by atoms with Gasteiger partial charge in [-0.3, -0.25) is 9.98 Å². The van der Waals surface area contributed by atoms with Crippen molar-refractivity contribution in [1.82, 2.24) is 20.3 Å². The van der Waals surface area contributed by atoms with E-state index >= 15 is 0 Å². The molecular weight excluding hydrogens is 450 g/mol. The van der Waals surface area contributed by atoms with Crippen molar-refractivity contribution in [3.8, 4) is 5.75 Å². The van der Waals surface area contributed by atoms with Crippen molar-refractivity contribution in [3.05, 3.63) is 90.0 Å². The summed E-state index contributed by atoms with van der Waals surface area (Å²) in [5, 5.41) is 4.37. The van der Waals surface area contributed by atoms with E-state index in [1.165, 1.54) is 0 Å². The van der Waals surface area contributed by atoms with Gasteiger partial charge in [-0.05, 0) is 66.7 Å². The van der Waals surface area contributed by atoms with Crippen LogP contribution in [0.5, 0.6) is 5.75 Å². The predicted molar refractivity (Wildman–Crippen MR) is 145 cm³/mol. The van der Waals surface area contributed by atoms with Gasteiger partial charge in [-0.25, -0.2) is 9.97 Å². The van der Waals surface area contributed by atoms with Gasteiger partial charge >= 0.3 is 0 Å². The molecule has 0 radical (unpaired) electrons. The number of rotatable bonds is 8. The number of allylic oxidation sites excluding steroid dienone is 1. The Bertz CT molecular complexity index is 1390. The maximum Gasteiger partial charge on any atom is 0.168 e. The first-order chi connectivity index (χ1) is 17.7. The number of benzene rings is 2. The van der Waals surface area contributed by atoms with Crippen LogP contribution in [-0.2, 0) is 6.61 Å². The summed E-state index contributed by atoms with van der Waals surface area (Å²) < 4.78 is 6.05. The van der Waals surface area contributed by atoms with Gasteiger partial charge in [0, 0.05) is 61.4 Å². The van der Waals surface area contributed by atoms with Crippen molar-refractivity contribution >= 4 is 34.2 Å². The highest BCUT2D eigenvalue weighted by molar-refractivity contribution is 6.18. The van der Waals surface area contributed by atoms with Gasteiger partial charge in [0.05, 0.1) is 5.52 Å². The minimum atomic E-state index is 0.274. The molecule has 36 heavy (non-hydrogen) atoms. The van der Waals surface area contributed by atoms with E-state index in [9.17, 15) is 0 Å². The fourth-order valence-electron chi connectivity index (χ4n) is 4.24. The van der Waals surface area contributed by atoms with Gasteiger partial charge in [-0.1, -0.05) is 12.1 Å². The first-order valence-corrected chi connectivity index (χ1v) is 11.9. The summed E-state index contributed by atoms with van der Waals surface area (Å²) in [5.74, 6) is 2.33. The quantitative estimate of drug-likeness (QED) is 0.373. The van der Waals surface area contributed by atoms with E-state index in [2.05, 4.69) is 26.3 Å². The third-order valence-electron chi connectivity index (χ3n) is 6.29. The normalized spacial score (nSPS) is 14.7. The number of pyridine rings is 1. The van der Waals surface area contributed by atoms with Crippen LogP contribution < -0.4 is 20.7 Å². The number of nitrogens with two attached hydrogens (primary N) is 1. The summed E-state index contributed by atoms with van der Waals surface area (Å²) in [6, 6.07) is 20.1. The summed E-state index contributed by atoms with van der Waals surface area (Å²) in [7, 11) is 3.72. The Balaban J connectivity index is 1.34. The zero-order valence-corrected chi connectivity index (χ0v) is 20.4. The lowest BCUT2D eigenvalue weighted by molar-refractivity contribution is 0.296. The minimum Gasteiger partial charge on any atom is -0.486 e. The lowest BCUT2D eigenvalue weighted by atomic mass is 10.0. The van der Waals surface area contributed by atoms with Gasteiger partial charge in [0.15, 0.2) is 5.82 Å². The highest BCUT2D eigenvalue weighted by Crippen LogP contribution is 2.28. The number of nitrogens with one attached hydrogen (secondary N) is 1. The smallest absolute Gasteiger partial charge is 0.168 e. The highest BCUT2D eigenvalue weighted by atomic mass is 16.5. The first kappa shape index (κ1) is 23.4. The molecule has 0 spiro atoms. The number of nitrogens with zero attached hydrogens (tertiary/aromatic N) is 5. The lowest BCUT2D eigenvalue weighted by Gasteiger charge is -2.40. The Morgan fingerprint density at radius 2 is 1.81 bits per heavy atom. The number of fused-ring (bicyclic) bond motifs is 1. The van der Waals surface area contributed by atoms with E-state index in [1.807, 2.05) is 61.6 Å². The van der Waals surface area contributed by atoms with Gasteiger partial charge in [-0.2, -0.15) is 0 Å². The number of hydrogen-bond acceptors (Lipinski definition) is 8. The van der Waals surface area contributed by atoms with Gasteiger partial charge in [0.2, 0.25) is 0 Å². The molecule has 0 amide bonds. The second kappa shape index (κ2) is 10.5. The van der Waals surface area contributed by atoms with Crippen molar-refractivity contribution in [1.29, 1.82) is 0 Å². The average Bonchev–Trinajstić information content (AvgIpc) is 2.90. The maximum atomic E-state index is 6.51. The SMILES string of the molecule is CN=C/C(=C(\N)c1ccc(OCc2nc(N3CC(NC)C3)c3ccccc3n2)cc1)c1ccncc1. The summed E-state index contributed by atoms with van der Waals surface area (Å²) >= 11 is 0. The molecule has 5 rings (SSSR count). The fourth-order valence-corrected chi connectivity index (χ4v) is 4.24. The van der Waals surface area contributed by atoms with Crippen LogP contribution in [0.25, 0.3) is 22.2 Å². The van der Waals surface area contributed by atoms with Crippen LogP contribution in [-0.4, -0.2) is 54.4 Å². The number of aliphatic imine (C=N–C) groups is 1. The molecule has 182 valence electrons. The van der Waals surface area contributed by atoms with Gasteiger partial charge in [0.1, 0.15) is 18.2 Å². The van der Waals surface area contributed by atoms with E-state index in [4.69, 9.17) is 20.4 Å². The van der Waals surface area contributed by atoms with Crippen LogP contribution in [0.3, 0.4) is 0 Å². The number of aromatic nitrogens is 3. The first-order valence-electron chi connectivity index (χ1n) is 11.9. The summed E-state index contributed by atoms with van der Waals surface area (Å²) in [6.07, 6.45) is 5.25. The number of ether oxygens (including phenoxy) is 1. The van der Waals surface area contributed by atoms with Crippen molar-refractivity contribution < 1.29 is 4.74 Å². The molecule has 0 unspecified atom stereocenters. The number of likely N-dealkylation sites (N-methyl/N-ethyl adjacent to an activating group) is 1. The summed E-state index contributed by atoms with van der Waals surface area (Å²) in [5.41, 5.74) is 10.7. The lowest BCUT2D eigenvalue weighted by Crippen LogP contribution is -2.57. The van der Waals surface area contributed by atoms with Gasteiger partial charge < -0.3 is 20.7 Å². The Labute approximate surface area is 210 Å². The molecule has 0 atom stereocenters. The average molecular weight is 480 g/mol. The molecule has 4 aromatic rings. The van der Waals surface area contributed by atoms with E-state index in [-0.39, 0.29) is 6.61 Å². The fraction of sp³-hybridized carbons (Fsp3) is 0.214. The Morgan fingerprint density at radius 1 is 1.06 bits per heavy atom. The monoisotopic (exact) mass is 479 g/mol. The molecule has 3 heterocycles. The van der Waals surface area contributed by atoms with Crippen LogP contribution in [0, 0.1) is 0 Å². The highest BCUT2D eigenvalue weighted by Gasteiger charge is 2.28. The third-order valence-corrected chi connectivity index (χ3v) is 6.29. The van der Waals surface area contributed by atoms with E-state index in [1.54, 1.807) is 25.7 Å². The van der Waals surface area contributed by atoms with Crippen LogP contribution in [0.1, 0.15) is 17.0 Å². The number of para-hydroxylation sites is 1. The number of hydrogen-bond donors (Lipinski definition) is 2. The molecule has 0 bridgehead atoms. The van der Waals surface area contributed by atoms with Crippen molar-refractivity contribution in [2.75, 3.05) is 32.1 Å². The second-order valence-electron chi connectivity index (χ2n) is 8.63. The van der Waals surface area contributed by atoms with E-state index in [0.717, 1.165) is 52.3 Å². The minimum absolute atomic E-state index is 0.274. The zero-order valence-electron chi connectivity index (χ0n) is 20.4. The van der Waals surface area contributed by atoms with Crippen molar-refractivity contribution in [2.24, 2.45) is 10.7 Å². The Morgan fingerprint density at radius 3 is 2.53 bits per heavy atom. The molecular formula is C28H29N7O. The molecule has 8 heteroatoms. The number of anilines is 1. The van der Waals surface area contributed by atoms with E-state index < -0.39 is 0 Å². The molecule has 0 saturated carbocycles. The Kier molecular flexibility index (Phi) is 6.86. The largest absolute Gasteiger partial charge is 0.486 e. The van der Waals surface area contributed by atoms with Crippen LogP contribution in [0.15, 0.2) is 78.0 Å². The summed E-state index contributed by atoms with van der Waals surface area (Å²) in [6.45, 7) is 2.13. The molecule has 2 aromatic heterocycles. The molecule has 8 nitrogen and oxygen atoms in total. The molecule has 0 aliphatic carbocycles. The van der Waals surface area contributed by atoms with Crippen LogP contribution >= 0.6 is 0 Å². The van der Waals surface area contributed by atoms with Crippen LogP contribution in [0.2, 0.25) is 0 Å². The topological polar surface area (TPSA) is 102 Å². The molecule has 1 aliphatic heterocycles. The zero-order chi connectivity index (χ0) is 24.9. The molecule has 1 aliphatic rings. The summed E-state index contributed by atoms with van der Waals surface area (Å²) in [4.78, 5) is 20.1. The maximum absolute atomic E-state index is 6.51. The van der Waals surface area contributed by atoms with Gasteiger partial charge in [0.25, 0.3) is 0 Å². The van der Waals surface area contributed by atoms with Crippen molar-refractivity contribution in [3.63, 3.8) is 0 Å². The standard InChI is InChI=1S/C28H29N7O/c1-30-15-24(19-11-13-32-14-12-19)27(29)20-7-9-22(10-8-20)36-18-26-33-25-6-4-3-5-23(25)28(34-26)35-16-21(17-35)31-2/h3-15,21,31H,16-18,29H2,1-2H3/b27-24+,30-15?.